The van der Waals surface area contributed by atoms with E-state index in [1.165, 1.54) is 19.3 Å². The van der Waals surface area contributed by atoms with E-state index in [1.807, 2.05) is 12.3 Å². The molecule has 0 spiro atoms. The van der Waals surface area contributed by atoms with Crippen LogP contribution in [-0.4, -0.2) is 34.5 Å². The van der Waals surface area contributed by atoms with E-state index in [-0.39, 0.29) is 17.3 Å². The van der Waals surface area contributed by atoms with Gasteiger partial charge in [0, 0.05) is 30.4 Å². The Kier molecular flexibility index (Phi) is 3.73. The molecule has 2 aliphatic rings. The summed E-state index contributed by atoms with van der Waals surface area (Å²) in [6, 6.07) is 8.77. The standard InChI is InChI=1S/C20H18N2O2/c23-19-15-6-2-3-7-16(15)20(24)18-17(19)14(8-10-21-18)9-13-22-11-4-1-5-12-22/h2-3,6-10,13H,1,4-5,11-12H2/b13-9+. The molecule has 2 heterocycles. The Morgan fingerprint density at radius 1 is 0.917 bits per heavy atom. The third kappa shape index (κ3) is 2.44. The minimum absolute atomic E-state index is 0.119. The second-order valence-corrected chi connectivity index (χ2v) is 6.24. The van der Waals surface area contributed by atoms with Gasteiger partial charge in [0.15, 0.2) is 5.78 Å². The van der Waals surface area contributed by atoms with Gasteiger partial charge in [0.2, 0.25) is 5.78 Å². The van der Waals surface area contributed by atoms with Gasteiger partial charge in [-0.2, -0.15) is 0 Å². The summed E-state index contributed by atoms with van der Waals surface area (Å²) in [4.78, 5) is 32.0. The van der Waals surface area contributed by atoms with Crippen LogP contribution in [0.15, 0.2) is 42.7 Å². The van der Waals surface area contributed by atoms with Gasteiger partial charge in [-0.05, 0) is 43.2 Å². The lowest BCUT2D eigenvalue weighted by Crippen LogP contribution is -2.25. The van der Waals surface area contributed by atoms with Crippen LogP contribution >= 0.6 is 0 Å². The summed E-state index contributed by atoms with van der Waals surface area (Å²) in [6.07, 6.45) is 9.25. The predicted octanol–water partition coefficient (Wildman–Crippen LogP) is 3.31. The number of likely N-dealkylation sites (tertiary alicyclic amines) is 1. The number of fused-ring (bicyclic) bond motifs is 2. The smallest absolute Gasteiger partial charge is 0.212 e. The first kappa shape index (κ1) is 14.8. The molecule has 0 radical (unpaired) electrons. The van der Waals surface area contributed by atoms with Crippen molar-refractivity contribution in [1.82, 2.24) is 9.88 Å². The maximum Gasteiger partial charge on any atom is 0.212 e. The summed E-state index contributed by atoms with van der Waals surface area (Å²) in [5.41, 5.74) is 2.36. The molecule has 0 bridgehead atoms. The highest BCUT2D eigenvalue weighted by atomic mass is 16.1. The summed E-state index contributed by atoms with van der Waals surface area (Å²) in [6.45, 7) is 2.08. The Morgan fingerprint density at radius 3 is 2.38 bits per heavy atom. The molecule has 1 aliphatic heterocycles. The summed E-state index contributed by atoms with van der Waals surface area (Å²) in [5, 5.41) is 0. The molecule has 0 N–H and O–H groups in total. The average Bonchev–Trinajstić information content (AvgIpc) is 2.65. The van der Waals surface area contributed by atoms with Gasteiger partial charge in [0.05, 0.1) is 5.56 Å². The lowest BCUT2D eigenvalue weighted by atomic mass is 9.85. The Hall–Kier alpha value is -2.75. The number of nitrogens with zero attached hydrogens (tertiary/aromatic N) is 2. The van der Waals surface area contributed by atoms with E-state index in [9.17, 15) is 9.59 Å². The van der Waals surface area contributed by atoms with Gasteiger partial charge in [0.1, 0.15) is 5.69 Å². The summed E-state index contributed by atoms with van der Waals surface area (Å²) in [7, 11) is 0. The number of pyridine rings is 1. The van der Waals surface area contributed by atoms with Gasteiger partial charge in [-0.3, -0.25) is 14.6 Å². The largest absolute Gasteiger partial charge is 0.377 e. The van der Waals surface area contributed by atoms with Gasteiger partial charge >= 0.3 is 0 Å². The van der Waals surface area contributed by atoms with Crippen LogP contribution in [-0.2, 0) is 0 Å². The minimum Gasteiger partial charge on any atom is -0.377 e. The third-order valence-electron chi connectivity index (χ3n) is 4.70. The fourth-order valence-electron chi connectivity index (χ4n) is 3.42. The molecular weight excluding hydrogens is 300 g/mol. The molecule has 0 atom stereocenters. The number of rotatable bonds is 2. The van der Waals surface area contributed by atoms with Crippen molar-refractivity contribution in [3.8, 4) is 0 Å². The van der Waals surface area contributed by atoms with E-state index in [0.717, 1.165) is 18.7 Å². The topological polar surface area (TPSA) is 50.3 Å². The Bertz CT molecular complexity index is 848. The monoisotopic (exact) mass is 318 g/mol. The van der Waals surface area contributed by atoms with Crippen molar-refractivity contribution in [2.24, 2.45) is 0 Å². The number of ketones is 2. The molecule has 4 nitrogen and oxygen atoms in total. The minimum atomic E-state index is -0.173. The lowest BCUT2D eigenvalue weighted by Gasteiger charge is -2.25. The first-order chi connectivity index (χ1) is 11.8. The molecule has 4 rings (SSSR count). The molecule has 1 aromatic heterocycles. The van der Waals surface area contributed by atoms with Crippen LogP contribution in [0.1, 0.15) is 56.8 Å². The van der Waals surface area contributed by atoms with Crippen molar-refractivity contribution in [1.29, 1.82) is 0 Å². The maximum absolute atomic E-state index is 12.9. The van der Waals surface area contributed by atoms with Crippen molar-refractivity contribution >= 4 is 17.6 Å². The van der Waals surface area contributed by atoms with Crippen LogP contribution in [0.2, 0.25) is 0 Å². The summed E-state index contributed by atoms with van der Waals surface area (Å²) >= 11 is 0. The molecule has 0 unspecified atom stereocenters. The number of carbonyl (C=O) groups is 2. The first-order valence-electron chi connectivity index (χ1n) is 8.35. The van der Waals surface area contributed by atoms with Crippen LogP contribution in [0.4, 0.5) is 0 Å². The number of carbonyl (C=O) groups excluding carboxylic acids is 2. The molecule has 1 aliphatic carbocycles. The molecule has 0 saturated carbocycles. The molecule has 1 saturated heterocycles. The molecular formula is C20H18N2O2. The van der Waals surface area contributed by atoms with Gasteiger partial charge in [-0.15, -0.1) is 0 Å². The zero-order chi connectivity index (χ0) is 16.5. The summed E-state index contributed by atoms with van der Waals surface area (Å²) in [5.74, 6) is -0.292. The molecule has 0 amide bonds. The Balaban J connectivity index is 1.75. The van der Waals surface area contributed by atoms with Crippen LogP contribution in [0, 0.1) is 0 Å². The van der Waals surface area contributed by atoms with E-state index < -0.39 is 0 Å². The highest BCUT2D eigenvalue weighted by Crippen LogP contribution is 2.28. The van der Waals surface area contributed by atoms with Crippen molar-refractivity contribution in [3.05, 3.63) is 70.7 Å². The lowest BCUT2D eigenvalue weighted by molar-refractivity contribution is 0.0975. The van der Waals surface area contributed by atoms with Gasteiger partial charge < -0.3 is 4.90 Å². The van der Waals surface area contributed by atoms with Crippen molar-refractivity contribution in [2.45, 2.75) is 19.3 Å². The highest BCUT2D eigenvalue weighted by Gasteiger charge is 2.31. The molecule has 4 heteroatoms. The predicted molar refractivity (Wildman–Crippen MR) is 92.0 cm³/mol. The second-order valence-electron chi connectivity index (χ2n) is 6.24. The molecule has 120 valence electrons. The van der Waals surface area contributed by atoms with Gasteiger partial charge in [-0.25, -0.2) is 0 Å². The SMILES string of the molecule is O=C1c2ccccc2C(=O)c2c(/C=C/N3CCCCC3)ccnc21. The number of benzene rings is 1. The average molecular weight is 318 g/mol. The highest BCUT2D eigenvalue weighted by molar-refractivity contribution is 6.28. The van der Waals surface area contributed by atoms with Crippen molar-refractivity contribution in [3.63, 3.8) is 0 Å². The van der Waals surface area contributed by atoms with Crippen LogP contribution in [0.25, 0.3) is 6.08 Å². The quantitative estimate of drug-likeness (QED) is 0.727. The van der Waals surface area contributed by atoms with Crippen LogP contribution in [0.3, 0.4) is 0 Å². The zero-order valence-corrected chi connectivity index (χ0v) is 13.4. The Morgan fingerprint density at radius 2 is 1.62 bits per heavy atom. The number of piperidine rings is 1. The van der Waals surface area contributed by atoms with Gasteiger partial charge in [0.25, 0.3) is 0 Å². The van der Waals surface area contributed by atoms with Crippen molar-refractivity contribution in [2.75, 3.05) is 13.1 Å². The molecule has 24 heavy (non-hydrogen) atoms. The van der Waals surface area contributed by atoms with Gasteiger partial charge in [-0.1, -0.05) is 24.3 Å². The molecule has 1 aromatic carbocycles. The molecule has 2 aromatic rings. The fraction of sp³-hybridized carbons (Fsp3) is 0.250. The molecule has 1 fully saturated rings. The van der Waals surface area contributed by atoms with E-state index in [1.54, 1.807) is 36.5 Å². The Labute approximate surface area is 140 Å². The normalized spacial score (nSPS) is 17.1. The van der Waals surface area contributed by atoms with Crippen LogP contribution < -0.4 is 0 Å². The number of aromatic nitrogens is 1. The number of hydrogen-bond donors (Lipinski definition) is 0. The number of hydrogen-bond acceptors (Lipinski definition) is 4. The van der Waals surface area contributed by atoms with E-state index in [2.05, 4.69) is 9.88 Å². The third-order valence-corrected chi connectivity index (χ3v) is 4.70. The fourth-order valence-corrected chi connectivity index (χ4v) is 3.42. The van der Waals surface area contributed by atoms with E-state index in [4.69, 9.17) is 0 Å². The maximum atomic E-state index is 12.9. The van der Waals surface area contributed by atoms with E-state index in [0.29, 0.717) is 16.7 Å². The second kappa shape index (κ2) is 6.04. The first-order valence-corrected chi connectivity index (χ1v) is 8.35. The zero-order valence-electron chi connectivity index (χ0n) is 13.4. The summed E-state index contributed by atoms with van der Waals surface area (Å²) < 4.78 is 0. The van der Waals surface area contributed by atoms with Crippen molar-refractivity contribution < 1.29 is 9.59 Å². The van der Waals surface area contributed by atoms with E-state index >= 15 is 0 Å². The van der Waals surface area contributed by atoms with Crippen LogP contribution in [0.5, 0.6) is 0 Å².